The van der Waals surface area contributed by atoms with Crippen molar-refractivity contribution in [1.82, 2.24) is 0 Å². The molecule has 0 rings (SSSR count). The summed E-state index contributed by atoms with van der Waals surface area (Å²) in [6.45, 7) is 10.2. The average Bonchev–Trinajstić information content (AvgIpc) is 2.09. The SMILES string of the molecule is CC(C)CC(C)C(C(C)CC(C)C)(S(=O)(=O)O)S(=O)(=O)O. The lowest BCUT2D eigenvalue weighted by Gasteiger charge is -2.39. The van der Waals surface area contributed by atoms with Gasteiger partial charge in [0, 0.05) is 0 Å². The van der Waals surface area contributed by atoms with Gasteiger partial charge in [0.1, 0.15) is 0 Å². The van der Waals surface area contributed by atoms with Gasteiger partial charge < -0.3 is 0 Å². The van der Waals surface area contributed by atoms with Gasteiger partial charge in [-0.3, -0.25) is 9.11 Å². The second kappa shape index (κ2) is 6.93. The van der Waals surface area contributed by atoms with Crippen molar-refractivity contribution in [3.05, 3.63) is 0 Å². The highest BCUT2D eigenvalue weighted by Crippen LogP contribution is 2.44. The minimum Gasteiger partial charge on any atom is -0.284 e. The fourth-order valence-electron chi connectivity index (χ4n) is 3.38. The number of rotatable bonds is 8. The molecule has 128 valence electrons. The van der Waals surface area contributed by atoms with Gasteiger partial charge in [-0.05, 0) is 36.5 Å². The van der Waals surface area contributed by atoms with E-state index >= 15 is 0 Å². The highest BCUT2D eigenvalue weighted by molar-refractivity contribution is 8.05. The summed E-state index contributed by atoms with van der Waals surface area (Å²) in [6, 6.07) is 0. The van der Waals surface area contributed by atoms with Crippen molar-refractivity contribution in [2.45, 2.75) is 58.5 Å². The minimum atomic E-state index is -5.01. The van der Waals surface area contributed by atoms with Gasteiger partial charge in [-0.15, -0.1) is 0 Å². The molecule has 0 aliphatic rings. The van der Waals surface area contributed by atoms with E-state index in [9.17, 15) is 25.9 Å². The molecule has 0 bridgehead atoms. The van der Waals surface area contributed by atoms with Gasteiger partial charge in [0.25, 0.3) is 20.2 Å². The third kappa shape index (κ3) is 4.40. The van der Waals surface area contributed by atoms with E-state index in [1.165, 1.54) is 13.8 Å². The lowest BCUT2D eigenvalue weighted by Crippen LogP contribution is -2.56. The molecule has 0 aromatic carbocycles. The molecular formula is C13H28O6S2. The molecule has 2 atom stereocenters. The molecule has 0 aromatic rings. The zero-order chi connectivity index (χ0) is 17.2. The Balaban J connectivity index is 6.29. The Morgan fingerprint density at radius 1 is 0.714 bits per heavy atom. The standard InChI is InChI=1S/C13H28O6S2/c1-9(2)7-11(5)13(20(14,15)16,21(17,18)19)12(6)8-10(3)4/h9-12H,7-8H2,1-6H3,(H,14,15,16)(H,17,18,19). The number of hydrogen-bond acceptors (Lipinski definition) is 4. The van der Waals surface area contributed by atoms with E-state index in [-0.39, 0.29) is 24.7 Å². The van der Waals surface area contributed by atoms with Gasteiger partial charge in [0.15, 0.2) is 0 Å². The average molecular weight is 344 g/mol. The fraction of sp³-hybridized carbons (Fsp3) is 1.00. The van der Waals surface area contributed by atoms with E-state index in [0.717, 1.165) is 0 Å². The summed E-state index contributed by atoms with van der Waals surface area (Å²) < 4.78 is 64.6. The van der Waals surface area contributed by atoms with Gasteiger partial charge >= 0.3 is 0 Å². The molecule has 0 amide bonds. The van der Waals surface area contributed by atoms with Crippen LogP contribution in [0.4, 0.5) is 0 Å². The Bertz CT molecular complexity index is 483. The smallest absolute Gasteiger partial charge is 0.284 e. The van der Waals surface area contributed by atoms with E-state index in [0.29, 0.717) is 0 Å². The maximum Gasteiger partial charge on any atom is 0.288 e. The molecule has 0 aromatic heterocycles. The summed E-state index contributed by atoms with van der Waals surface area (Å²) in [7, 11) is -10.0. The molecule has 0 spiro atoms. The first-order valence-electron chi connectivity index (χ1n) is 7.11. The summed E-state index contributed by atoms with van der Waals surface area (Å²) in [5.41, 5.74) is 0. The van der Waals surface area contributed by atoms with Gasteiger partial charge in [-0.25, -0.2) is 0 Å². The van der Waals surface area contributed by atoms with Crippen molar-refractivity contribution < 1.29 is 25.9 Å². The van der Waals surface area contributed by atoms with E-state index in [1.807, 2.05) is 27.7 Å². The Kier molecular flexibility index (Phi) is 6.87. The monoisotopic (exact) mass is 344 g/mol. The molecule has 2 N–H and O–H groups in total. The summed E-state index contributed by atoms with van der Waals surface area (Å²) in [5, 5.41) is 0. The molecule has 0 saturated heterocycles. The Morgan fingerprint density at radius 3 is 1.10 bits per heavy atom. The van der Waals surface area contributed by atoms with Crippen LogP contribution in [0.5, 0.6) is 0 Å². The molecule has 2 unspecified atom stereocenters. The molecule has 0 radical (unpaired) electrons. The van der Waals surface area contributed by atoms with Crippen LogP contribution in [0.15, 0.2) is 0 Å². The van der Waals surface area contributed by atoms with Crippen LogP contribution in [-0.4, -0.2) is 30.0 Å². The van der Waals surface area contributed by atoms with Crippen LogP contribution in [0.1, 0.15) is 54.4 Å². The number of hydrogen-bond donors (Lipinski definition) is 2. The fourth-order valence-corrected chi connectivity index (χ4v) is 6.86. The molecule has 0 fully saturated rings. The van der Waals surface area contributed by atoms with Crippen molar-refractivity contribution in [3.8, 4) is 0 Å². The predicted molar refractivity (Wildman–Crippen MR) is 83.1 cm³/mol. The van der Waals surface area contributed by atoms with Crippen molar-refractivity contribution >= 4 is 20.2 Å². The first-order valence-corrected chi connectivity index (χ1v) is 9.99. The predicted octanol–water partition coefficient (Wildman–Crippen LogP) is 2.82. The van der Waals surface area contributed by atoms with Crippen molar-refractivity contribution in [2.24, 2.45) is 23.7 Å². The lowest BCUT2D eigenvalue weighted by molar-refractivity contribution is 0.257. The zero-order valence-corrected chi connectivity index (χ0v) is 15.2. The molecule has 0 saturated carbocycles. The van der Waals surface area contributed by atoms with E-state index in [1.54, 1.807) is 0 Å². The third-order valence-corrected chi connectivity index (χ3v) is 8.32. The van der Waals surface area contributed by atoms with Crippen LogP contribution < -0.4 is 0 Å². The van der Waals surface area contributed by atoms with Crippen molar-refractivity contribution in [3.63, 3.8) is 0 Å². The highest BCUT2D eigenvalue weighted by Gasteiger charge is 2.61. The topological polar surface area (TPSA) is 109 Å². The first-order chi connectivity index (χ1) is 9.17. The van der Waals surface area contributed by atoms with Gasteiger partial charge in [0.2, 0.25) is 4.08 Å². The lowest BCUT2D eigenvalue weighted by atomic mass is 9.85. The van der Waals surface area contributed by atoms with Crippen LogP contribution in [0.2, 0.25) is 0 Å². The highest BCUT2D eigenvalue weighted by atomic mass is 32.3. The van der Waals surface area contributed by atoms with Crippen molar-refractivity contribution in [2.75, 3.05) is 0 Å². The second-order valence-corrected chi connectivity index (χ2v) is 10.2. The zero-order valence-electron chi connectivity index (χ0n) is 13.6. The second-order valence-electron chi connectivity index (χ2n) is 6.73. The first kappa shape index (κ1) is 20.8. The normalized spacial score (nSPS) is 17.2. The van der Waals surface area contributed by atoms with Gasteiger partial charge in [-0.2, -0.15) is 16.8 Å². The van der Waals surface area contributed by atoms with E-state index < -0.39 is 36.2 Å². The molecule has 21 heavy (non-hydrogen) atoms. The molecular weight excluding hydrogens is 316 g/mol. The Labute approximate surface area is 128 Å². The summed E-state index contributed by atoms with van der Waals surface area (Å²) in [6.07, 6.45) is 0.504. The molecule has 0 aliphatic carbocycles. The van der Waals surface area contributed by atoms with Crippen LogP contribution in [0.25, 0.3) is 0 Å². The Morgan fingerprint density at radius 2 is 0.952 bits per heavy atom. The van der Waals surface area contributed by atoms with Crippen LogP contribution in [-0.2, 0) is 20.2 Å². The minimum absolute atomic E-state index is 0.0223. The quantitative estimate of drug-likeness (QED) is 0.655. The third-order valence-electron chi connectivity index (χ3n) is 3.83. The van der Waals surface area contributed by atoms with E-state index in [2.05, 4.69) is 0 Å². The maximum absolute atomic E-state index is 12.0. The molecule has 6 nitrogen and oxygen atoms in total. The van der Waals surface area contributed by atoms with Crippen LogP contribution >= 0.6 is 0 Å². The van der Waals surface area contributed by atoms with Gasteiger partial charge in [0.05, 0.1) is 0 Å². The van der Waals surface area contributed by atoms with Crippen LogP contribution in [0, 0.1) is 23.7 Å². The largest absolute Gasteiger partial charge is 0.288 e. The maximum atomic E-state index is 12.0. The summed E-state index contributed by atoms with van der Waals surface area (Å²) in [4.78, 5) is 0. The van der Waals surface area contributed by atoms with Crippen molar-refractivity contribution in [1.29, 1.82) is 0 Å². The van der Waals surface area contributed by atoms with Crippen LogP contribution in [0.3, 0.4) is 0 Å². The van der Waals surface area contributed by atoms with E-state index in [4.69, 9.17) is 0 Å². The molecule has 8 heteroatoms. The van der Waals surface area contributed by atoms with Gasteiger partial charge in [-0.1, -0.05) is 41.5 Å². The Hall–Kier alpha value is -0.180. The molecule has 0 heterocycles. The summed E-state index contributed by atoms with van der Waals surface area (Å²) >= 11 is 0. The molecule has 0 aliphatic heterocycles. The summed E-state index contributed by atoms with van der Waals surface area (Å²) in [5.74, 6) is -1.82.